The van der Waals surface area contributed by atoms with Crippen molar-refractivity contribution in [3.63, 3.8) is 0 Å². The van der Waals surface area contributed by atoms with Crippen molar-refractivity contribution in [3.05, 3.63) is 36.2 Å². The molecule has 0 aliphatic heterocycles. The lowest BCUT2D eigenvalue weighted by Crippen LogP contribution is -2.19. The van der Waals surface area contributed by atoms with Crippen LogP contribution >= 0.6 is 0 Å². The maximum absolute atomic E-state index is 12.1. The van der Waals surface area contributed by atoms with Crippen molar-refractivity contribution < 1.29 is 27.1 Å². The van der Waals surface area contributed by atoms with E-state index >= 15 is 0 Å². The van der Waals surface area contributed by atoms with E-state index in [2.05, 4.69) is 20.0 Å². The highest BCUT2D eigenvalue weighted by molar-refractivity contribution is 6.02. The molecular formula is C15H14F3N3O3. The lowest BCUT2D eigenvalue weighted by atomic mass is 9.85. The molecule has 0 spiro atoms. The number of carbonyl (C=O) groups is 1. The van der Waals surface area contributed by atoms with Gasteiger partial charge in [-0.05, 0) is 18.9 Å². The third kappa shape index (κ3) is 4.03. The molecule has 24 heavy (non-hydrogen) atoms. The van der Waals surface area contributed by atoms with E-state index in [-0.39, 0.29) is 17.5 Å². The predicted octanol–water partition coefficient (Wildman–Crippen LogP) is 3.53. The molecular weight excluding hydrogens is 327 g/mol. The SMILES string of the molecule is O=C(Nc1ccc(OCC(F)(F)F)nc1)c1coc(C2CCC2)n1. The standard InChI is InChI=1S/C15H14F3N3O3/c16-15(17,18)8-24-12-5-4-10(6-19-12)20-13(22)11-7-23-14(21-11)9-2-1-3-9/h4-7,9H,1-3,8H2,(H,20,22). The zero-order valence-corrected chi connectivity index (χ0v) is 12.5. The van der Waals surface area contributed by atoms with Crippen molar-refractivity contribution >= 4 is 11.6 Å². The Bertz CT molecular complexity index is 709. The van der Waals surface area contributed by atoms with Gasteiger partial charge in [0.1, 0.15) is 6.26 Å². The van der Waals surface area contributed by atoms with E-state index < -0.39 is 18.7 Å². The Morgan fingerprint density at radius 2 is 2.17 bits per heavy atom. The van der Waals surface area contributed by atoms with Crippen LogP contribution in [0.5, 0.6) is 5.88 Å². The van der Waals surface area contributed by atoms with Crippen LogP contribution in [-0.2, 0) is 0 Å². The van der Waals surface area contributed by atoms with E-state index in [0.29, 0.717) is 11.6 Å². The summed E-state index contributed by atoms with van der Waals surface area (Å²) in [6.07, 6.45) is 1.20. The number of pyridine rings is 1. The van der Waals surface area contributed by atoms with Crippen molar-refractivity contribution in [2.45, 2.75) is 31.4 Å². The van der Waals surface area contributed by atoms with Crippen molar-refractivity contribution in [1.82, 2.24) is 9.97 Å². The van der Waals surface area contributed by atoms with Gasteiger partial charge >= 0.3 is 6.18 Å². The fourth-order valence-electron chi connectivity index (χ4n) is 2.13. The molecule has 0 saturated heterocycles. The maximum Gasteiger partial charge on any atom is 0.422 e. The Labute approximate surface area is 135 Å². The van der Waals surface area contributed by atoms with Crippen molar-refractivity contribution in [1.29, 1.82) is 0 Å². The summed E-state index contributed by atoms with van der Waals surface area (Å²) < 4.78 is 45.9. The average molecular weight is 341 g/mol. The number of hydrogen-bond donors (Lipinski definition) is 1. The predicted molar refractivity (Wildman–Crippen MR) is 76.8 cm³/mol. The largest absolute Gasteiger partial charge is 0.468 e. The van der Waals surface area contributed by atoms with Gasteiger partial charge in [0.15, 0.2) is 18.2 Å². The molecule has 1 saturated carbocycles. The van der Waals surface area contributed by atoms with Gasteiger partial charge in [0.05, 0.1) is 11.9 Å². The van der Waals surface area contributed by atoms with E-state index in [1.807, 2.05) is 0 Å². The molecule has 2 aromatic heterocycles. The molecule has 9 heteroatoms. The molecule has 0 radical (unpaired) electrons. The van der Waals surface area contributed by atoms with Crippen LogP contribution in [0.2, 0.25) is 0 Å². The molecule has 2 aromatic rings. The molecule has 0 atom stereocenters. The first kappa shape index (κ1) is 16.3. The van der Waals surface area contributed by atoms with Gasteiger partial charge in [-0.3, -0.25) is 4.79 Å². The molecule has 128 valence electrons. The number of amides is 1. The molecule has 0 bridgehead atoms. The smallest absolute Gasteiger partial charge is 0.422 e. The quantitative estimate of drug-likeness (QED) is 0.900. The summed E-state index contributed by atoms with van der Waals surface area (Å²) in [5, 5.41) is 2.54. The summed E-state index contributed by atoms with van der Waals surface area (Å²) in [6, 6.07) is 2.63. The first-order chi connectivity index (χ1) is 11.4. The first-order valence-corrected chi connectivity index (χ1v) is 7.33. The van der Waals surface area contributed by atoms with Gasteiger partial charge in [-0.2, -0.15) is 13.2 Å². The number of hydrogen-bond acceptors (Lipinski definition) is 5. The second kappa shape index (κ2) is 6.50. The number of alkyl halides is 3. The topological polar surface area (TPSA) is 77.2 Å². The molecule has 1 aliphatic carbocycles. The van der Waals surface area contributed by atoms with Crippen LogP contribution in [0.15, 0.2) is 29.0 Å². The van der Waals surface area contributed by atoms with E-state index in [4.69, 9.17) is 4.42 Å². The first-order valence-electron chi connectivity index (χ1n) is 7.33. The van der Waals surface area contributed by atoms with Gasteiger partial charge in [-0.15, -0.1) is 0 Å². The highest BCUT2D eigenvalue weighted by Gasteiger charge is 2.28. The lowest BCUT2D eigenvalue weighted by Gasteiger charge is -2.21. The summed E-state index contributed by atoms with van der Waals surface area (Å²) in [6.45, 7) is -1.42. The summed E-state index contributed by atoms with van der Waals surface area (Å²) in [7, 11) is 0. The minimum atomic E-state index is -4.43. The van der Waals surface area contributed by atoms with Crippen LogP contribution in [0, 0.1) is 0 Å². The fraction of sp³-hybridized carbons (Fsp3) is 0.400. The fourth-order valence-corrected chi connectivity index (χ4v) is 2.13. The van der Waals surface area contributed by atoms with Crippen molar-refractivity contribution in [3.8, 4) is 5.88 Å². The van der Waals surface area contributed by atoms with Crippen LogP contribution in [-0.4, -0.2) is 28.7 Å². The van der Waals surface area contributed by atoms with Crippen LogP contribution < -0.4 is 10.1 Å². The molecule has 1 amide bonds. The van der Waals surface area contributed by atoms with Crippen LogP contribution in [0.3, 0.4) is 0 Å². The third-order valence-corrected chi connectivity index (χ3v) is 3.59. The Kier molecular flexibility index (Phi) is 4.41. The number of nitrogens with zero attached hydrogens (tertiary/aromatic N) is 2. The van der Waals surface area contributed by atoms with Crippen molar-refractivity contribution in [2.75, 3.05) is 11.9 Å². The molecule has 0 aromatic carbocycles. The van der Waals surface area contributed by atoms with Gasteiger partial charge in [-0.1, -0.05) is 6.42 Å². The summed E-state index contributed by atoms with van der Waals surface area (Å²) in [5.74, 6) is 0.174. The molecule has 1 aliphatic rings. The molecule has 1 N–H and O–H groups in total. The normalized spacial score (nSPS) is 15.0. The zero-order chi connectivity index (χ0) is 17.2. The number of carbonyl (C=O) groups excluding carboxylic acids is 1. The number of oxazole rings is 1. The van der Waals surface area contributed by atoms with E-state index in [1.165, 1.54) is 24.6 Å². The molecule has 6 nitrogen and oxygen atoms in total. The number of halogens is 3. The number of nitrogens with one attached hydrogen (secondary N) is 1. The molecule has 1 fully saturated rings. The zero-order valence-electron chi connectivity index (χ0n) is 12.5. The minimum Gasteiger partial charge on any atom is -0.468 e. The third-order valence-electron chi connectivity index (χ3n) is 3.59. The molecule has 3 rings (SSSR count). The van der Waals surface area contributed by atoms with Gasteiger partial charge in [0, 0.05) is 12.0 Å². The Hall–Kier alpha value is -2.58. The van der Waals surface area contributed by atoms with Gasteiger partial charge in [0.25, 0.3) is 5.91 Å². The maximum atomic E-state index is 12.1. The summed E-state index contributed by atoms with van der Waals surface area (Å²) in [4.78, 5) is 19.9. The van der Waals surface area contributed by atoms with Gasteiger partial charge < -0.3 is 14.5 Å². The summed E-state index contributed by atoms with van der Waals surface area (Å²) in [5.41, 5.74) is 0.460. The number of anilines is 1. The average Bonchev–Trinajstić information content (AvgIpc) is 2.93. The molecule has 0 unspecified atom stereocenters. The minimum absolute atomic E-state index is 0.147. The summed E-state index contributed by atoms with van der Waals surface area (Å²) >= 11 is 0. The number of ether oxygens (including phenoxy) is 1. The van der Waals surface area contributed by atoms with E-state index in [1.54, 1.807) is 0 Å². The highest BCUT2D eigenvalue weighted by atomic mass is 19.4. The Balaban J connectivity index is 1.57. The van der Waals surface area contributed by atoms with Crippen LogP contribution in [0.4, 0.5) is 18.9 Å². The van der Waals surface area contributed by atoms with Gasteiger partial charge in [0.2, 0.25) is 5.88 Å². The van der Waals surface area contributed by atoms with Crippen molar-refractivity contribution in [2.24, 2.45) is 0 Å². The second-order valence-electron chi connectivity index (χ2n) is 5.44. The number of aromatic nitrogens is 2. The molecule has 2 heterocycles. The van der Waals surface area contributed by atoms with E-state index in [9.17, 15) is 18.0 Å². The number of rotatable bonds is 5. The lowest BCUT2D eigenvalue weighted by molar-refractivity contribution is -0.154. The van der Waals surface area contributed by atoms with Gasteiger partial charge in [-0.25, -0.2) is 9.97 Å². The van der Waals surface area contributed by atoms with Crippen LogP contribution in [0.25, 0.3) is 0 Å². The Morgan fingerprint density at radius 1 is 1.38 bits per heavy atom. The monoisotopic (exact) mass is 341 g/mol. The Morgan fingerprint density at radius 3 is 2.75 bits per heavy atom. The highest BCUT2D eigenvalue weighted by Crippen LogP contribution is 2.35. The van der Waals surface area contributed by atoms with Crippen LogP contribution in [0.1, 0.15) is 41.6 Å². The second-order valence-corrected chi connectivity index (χ2v) is 5.44. The van der Waals surface area contributed by atoms with E-state index in [0.717, 1.165) is 19.3 Å².